The van der Waals surface area contributed by atoms with Crippen LogP contribution < -0.4 is 5.32 Å². The van der Waals surface area contributed by atoms with Crippen LogP contribution >= 0.6 is 35.3 Å². The molecule has 0 saturated carbocycles. The minimum absolute atomic E-state index is 0. The Labute approximate surface area is 173 Å². The molecule has 0 unspecified atom stereocenters. The van der Waals surface area contributed by atoms with Crippen molar-refractivity contribution in [1.29, 1.82) is 0 Å². The molecule has 5 nitrogen and oxygen atoms in total. The van der Waals surface area contributed by atoms with Crippen LogP contribution in [-0.4, -0.2) is 46.8 Å². The van der Waals surface area contributed by atoms with Gasteiger partial charge in [-0.2, -0.15) is 5.10 Å². The van der Waals surface area contributed by atoms with Gasteiger partial charge in [-0.15, -0.1) is 23.7 Å². The normalized spacial score (nSPS) is 14.9. The maximum absolute atomic E-state index is 13.0. The summed E-state index contributed by atoms with van der Waals surface area (Å²) in [6.07, 6.45) is 2.01. The summed E-state index contributed by atoms with van der Waals surface area (Å²) in [5.74, 6) is 0.0974. The van der Waals surface area contributed by atoms with Crippen molar-refractivity contribution < 1.29 is 4.79 Å². The molecular weight excluding hydrogens is 403 g/mol. The maximum Gasteiger partial charge on any atom is 0.264 e. The van der Waals surface area contributed by atoms with Gasteiger partial charge in [0.25, 0.3) is 5.91 Å². The first-order chi connectivity index (χ1) is 12.5. The van der Waals surface area contributed by atoms with Crippen LogP contribution in [0.3, 0.4) is 0 Å². The van der Waals surface area contributed by atoms with Crippen LogP contribution in [0.15, 0.2) is 30.3 Å². The summed E-state index contributed by atoms with van der Waals surface area (Å²) in [5, 5.41) is 9.71. The lowest BCUT2D eigenvalue weighted by Gasteiger charge is -2.31. The molecule has 144 valence electrons. The molecule has 0 spiro atoms. The number of nitrogens with one attached hydrogen (secondary N) is 1. The lowest BCUT2D eigenvalue weighted by molar-refractivity contribution is 0.0708. The molecule has 1 aliphatic heterocycles. The summed E-state index contributed by atoms with van der Waals surface area (Å²) in [7, 11) is 1.92. The molecule has 0 atom stereocenters. The highest BCUT2D eigenvalue weighted by atomic mass is 35.5. The standard InChI is InChI=1S/C19H21ClN4OS.ClH/c1-12-16-11-17(18(25)23(2)14-7-9-21-10-8-14)26-19(16)24(22-12)15-5-3-13(20)4-6-15;/h3-6,11,14,21H,7-10H2,1-2H3;1H. The second kappa shape index (κ2) is 8.19. The van der Waals surface area contributed by atoms with Crippen LogP contribution in [0.5, 0.6) is 0 Å². The van der Waals surface area contributed by atoms with E-state index in [0.717, 1.165) is 52.4 Å². The molecule has 1 saturated heterocycles. The van der Waals surface area contributed by atoms with Crippen molar-refractivity contribution in [1.82, 2.24) is 20.0 Å². The highest BCUT2D eigenvalue weighted by Gasteiger charge is 2.25. The molecule has 8 heteroatoms. The van der Waals surface area contributed by atoms with Gasteiger partial charge in [0.2, 0.25) is 0 Å². The smallest absolute Gasteiger partial charge is 0.264 e. The van der Waals surface area contributed by atoms with Gasteiger partial charge >= 0.3 is 0 Å². The molecule has 0 bridgehead atoms. The second-order valence-corrected chi connectivity index (χ2v) is 8.17. The summed E-state index contributed by atoms with van der Waals surface area (Å²) in [6.45, 7) is 3.92. The molecule has 1 N–H and O–H groups in total. The van der Waals surface area contributed by atoms with Crippen LogP contribution in [0.25, 0.3) is 15.9 Å². The number of nitrogens with zero attached hydrogens (tertiary/aromatic N) is 3. The number of rotatable bonds is 3. The van der Waals surface area contributed by atoms with Crippen molar-refractivity contribution in [3.8, 4) is 5.69 Å². The van der Waals surface area contributed by atoms with Crippen molar-refractivity contribution in [3.05, 3.63) is 45.9 Å². The molecule has 3 heterocycles. The molecule has 1 fully saturated rings. The largest absolute Gasteiger partial charge is 0.338 e. The number of hydrogen-bond donors (Lipinski definition) is 1. The SMILES string of the molecule is Cc1nn(-c2ccc(Cl)cc2)c2sc(C(=O)N(C)C3CCNCC3)cc12.Cl. The average molecular weight is 425 g/mol. The highest BCUT2D eigenvalue weighted by Crippen LogP contribution is 2.31. The number of fused-ring (bicyclic) bond motifs is 1. The van der Waals surface area contributed by atoms with Gasteiger partial charge in [-0.3, -0.25) is 4.79 Å². The number of carbonyl (C=O) groups is 1. The van der Waals surface area contributed by atoms with E-state index < -0.39 is 0 Å². The number of benzene rings is 1. The van der Waals surface area contributed by atoms with E-state index in [1.54, 1.807) is 0 Å². The minimum atomic E-state index is 0. The third kappa shape index (κ3) is 3.85. The number of amides is 1. The number of halogens is 2. The third-order valence-corrected chi connectivity index (χ3v) is 6.35. The molecule has 0 radical (unpaired) electrons. The molecular formula is C19H22Cl2N4OS. The van der Waals surface area contributed by atoms with E-state index in [0.29, 0.717) is 11.1 Å². The summed E-state index contributed by atoms with van der Waals surface area (Å²) in [6, 6.07) is 9.87. The quantitative estimate of drug-likeness (QED) is 0.681. The van der Waals surface area contributed by atoms with Crippen molar-refractivity contribution in [3.63, 3.8) is 0 Å². The molecule has 27 heavy (non-hydrogen) atoms. The molecule has 1 aromatic carbocycles. The highest BCUT2D eigenvalue weighted by molar-refractivity contribution is 7.20. The van der Waals surface area contributed by atoms with Gasteiger partial charge in [-0.25, -0.2) is 4.68 Å². The van der Waals surface area contributed by atoms with Gasteiger partial charge in [0, 0.05) is 23.5 Å². The number of aryl methyl sites for hydroxylation is 1. The van der Waals surface area contributed by atoms with E-state index in [9.17, 15) is 4.79 Å². The molecule has 2 aromatic heterocycles. The molecule has 3 aromatic rings. The van der Waals surface area contributed by atoms with Gasteiger partial charge in [0.05, 0.1) is 16.3 Å². The topological polar surface area (TPSA) is 50.2 Å². The zero-order valence-electron chi connectivity index (χ0n) is 15.2. The number of piperidine rings is 1. The van der Waals surface area contributed by atoms with Gasteiger partial charge in [0.1, 0.15) is 4.83 Å². The maximum atomic E-state index is 13.0. The first-order valence-electron chi connectivity index (χ1n) is 8.77. The zero-order valence-corrected chi connectivity index (χ0v) is 17.6. The lowest BCUT2D eigenvalue weighted by Crippen LogP contribution is -2.43. The van der Waals surface area contributed by atoms with Crippen LogP contribution in [0.4, 0.5) is 0 Å². The fourth-order valence-electron chi connectivity index (χ4n) is 3.44. The predicted octanol–water partition coefficient (Wildman–Crippen LogP) is 4.29. The summed E-state index contributed by atoms with van der Waals surface area (Å²) < 4.78 is 1.90. The fraction of sp³-hybridized carbons (Fsp3) is 0.368. The second-order valence-electron chi connectivity index (χ2n) is 6.70. The van der Waals surface area contributed by atoms with Crippen LogP contribution in [0, 0.1) is 6.92 Å². The van der Waals surface area contributed by atoms with Crippen molar-refractivity contribution in [2.45, 2.75) is 25.8 Å². The monoisotopic (exact) mass is 424 g/mol. The Balaban J connectivity index is 0.00000210. The number of aromatic nitrogens is 2. The number of carbonyl (C=O) groups excluding carboxylic acids is 1. The minimum Gasteiger partial charge on any atom is -0.338 e. The van der Waals surface area contributed by atoms with Gasteiger partial charge in [-0.1, -0.05) is 11.6 Å². The first-order valence-corrected chi connectivity index (χ1v) is 9.97. The van der Waals surface area contributed by atoms with Crippen molar-refractivity contribution >= 4 is 51.5 Å². The van der Waals surface area contributed by atoms with Gasteiger partial charge in [0.15, 0.2) is 0 Å². The van der Waals surface area contributed by atoms with E-state index in [1.165, 1.54) is 11.3 Å². The van der Waals surface area contributed by atoms with Gasteiger partial charge < -0.3 is 10.2 Å². The fourth-order valence-corrected chi connectivity index (χ4v) is 4.74. The number of hydrogen-bond acceptors (Lipinski definition) is 4. The van der Waals surface area contributed by atoms with E-state index in [1.807, 2.05) is 53.9 Å². The molecule has 4 rings (SSSR count). The summed E-state index contributed by atoms with van der Waals surface area (Å²) in [4.78, 5) is 16.6. The zero-order chi connectivity index (χ0) is 18.3. The predicted molar refractivity (Wildman–Crippen MR) is 114 cm³/mol. The Morgan fingerprint density at radius 1 is 1.30 bits per heavy atom. The average Bonchev–Trinajstić information content (AvgIpc) is 3.23. The van der Waals surface area contributed by atoms with Gasteiger partial charge in [-0.05, 0) is 63.2 Å². The molecule has 1 amide bonds. The Bertz CT molecular complexity index is 945. The lowest BCUT2D eigenvalue weighted by atomic mass is 10.1. The Morgan fingerprint density at radius 3 is 2.63 bits per heavy atom. The Hall–Kier alpha value is -1.60. The first kappa shape index (κ1) is 20.1. The van der Waals surface area contributed by atoms with Crippen LogP contribution in [-0.2, 0) is 0 Å². The Kier molecular flexibility index (Phi) is 6.11. The van der Waals surface area contributed by atoms with Crippen molar-refractivity contribution in [2.24, 2.45) is 0 Å². The Morgan fingerprint density at radius 2 is 1.96 bits per heavy atom. The van der Waals surface area contributed by atoms with E-state index >= 15 is 0 Å². The summed E-state index contributed by atoms with van der Waals surface area (Å²) in [5.41, 5.74) is 1.87. The third-order valence-electron chi connectivity index (χ3n) is 5.00. The molecule has 1 aliphatic rings. The van der Waals surface area contributed by atoms with Crippen molar-refractivity contribution in [2.75, 3.05) is 20.1 Å². The van der Waals surface area contributed by atoms with Crippen LogP contribution in [0.2, 0.25) is 5.02 Å². The van der Waals surface area contributed by atoms with E-state index in [2.05, 4.69) is 10.4 Å². The number of thiophene rings is 1. The van der Waals surface area contributed by atoms with Crippen LogP contribution in [0.1, 0.15) is 28.2 Å². The molecule has 0 aliphatic carbocycles. The van der Waals surface area contributed by atoms with E-state index in [-0.39, 0.29) is 18.3 Å². The summed E-state index contributed by atoms with van der Waals surface area (Å²) >= 11 is 7.50. The van der Waals surface area contributed by atoms with E-state index in [4.69, 9.17) is 11.6 Å².